The minimum absolute atomic E-state index is 0.667. The highest BCUT2D eigenvalue weighted by Crippen LogP contribution is 2.28. The van der Waals surface area contributed by atoms with Gasteiger partial charge in [0.15, 0.2) is 0 Å². The Kier molecular flexibility index (Phi) is 3.05. The van der Waals surface area contributed by atoms with Crippen molar-refractivity contribution in [2.45, 2.75) is 19.4 Å². The molecular weight excluding hydrogens is 238 g/mol. The molecule has 0 aliphatic rings. The molecule has 3 nitrogen and oxygen atoms in total. The summed E-state index contributed by atoms with van der Waals surface area (Å²) < 4.78 is 5.37. The second-order valence-corrected chi connectivity index (χ2v) is 4.51. The van der Waals surface area contributed by atoms with Gasteiger partial charge in [0, 0.05) is 23.6 Å². The van der Waals surface area contributed by atoms with Crippen LogP contribution in [-0.4, -0.2) is 10.1 Å². The number of furan rings is 1. The molecule has 19 heavy (non-hydrogen) atoms. The monoisotopic (exact) mass is 253 g/mol. The first-order valence-corrected chi connectivity index (χ1v) is 6.38. The van der Waals surface area contributed by atoms with Crippen LogP contribution >= 0.6 is 0 Å². The molecule has 0 aliphatic carbocycles. The summed E-state index contributed by atoms with van der Waals surface area (Å²) in [5.41, 5.74) is 2.56. The van der Waals surface area contributed by atoms with Crippen LogP contribution in [0.4, 0.5) is 0 Å². The molecule has 0 saturated heterocycles. The smallest absolute Gasteiger partial charge is 0.109 e. The topological polar surface area (TPSA) is 46.3 Å². The van der Waals surface area contributed by atoms with Gasteiger partial charge in [-0.25, -0.2) is 0 Å². The molecule has 3 aromatic rings. The third-order valence-corrected chi connectivity index (χ3v) is 3.34. The van der Waals surface area contributed by atoms with Crippen molar-refractivity contribution in [1.29, 1.82) is 0 Å². The molecule has 1 N–H and O–H groups in total. The Morgan fingerprint density at radius 2 is 2.16 bits per heavy atom. The molecule has 96 valence electrons. The fourth-order valence-electron chi connectivity index (χ4n) is 2.31. The lowest BCUT2D eigenvalue weighted by molar-refractivity contribution is 0.217. The molecule has 0 amide bonds. The number of aromatic nitrogens is 1. The highest BCUT2D eigenvalue weighted by molar-refractivity contribution is 5.79. The van der Waals surface area contributed by atoms with Gasteiger partial charge in [-0.15, -0.1) is 0 Å². The van der Waals surface area contributed by atoms with E-state index < -0.39 is 6.10 Å². The first kappa shape index (κ1) is 11.9. The van der Waals surface area contributed by atoms with E-state index in [9.17, 15) is 5.11 Å². The number of rotatable bonds is 3. The summed E-state index contributed by atoms with van der Waals surface area (Å²) in [6.45, 7) is 2.01. The van der Waals surface area contributed by atoms with Gasteiger partial charge in [0.25, 0.3) is 0 Å². The summed E-state index contributed by atoms with van der Waals surface area (Å²) in [5, 5.41) is 11.5. The highest BCUT2D eigenvalue weighted by atomic mass is 16.3. The van der Waals surface area contributed by atoms with Crippen LogP contribution in [0.3, 0.4) is 0 Å². The lowest BCUT2D eigenvalue weighted by Crippen LogP contribution is -2.01. The average Bonchev–Trinajstić information content (AvgIpc) is 2.94. The zero-order chi connectivity index (χ0) is 13.2. The van der Waals surface area contributed by atoms with E-state index in [-0.39, 0.29) is 0 Å². The van der Waals surface area contributed by atoms with E-state index in [0.29, 0.717) is 0 Å². The molecule has 1 atom stereocenters. The minimum Gasteiger partial charge on any atom is -0.469 e. The van der Waals surface area contributed by atoms with Gasteiger partial charge >= 0.3 is 0 Å². The largest absolute Gasteiger partial charge is 0.469 e. The summed E-state index contributed by atoms with van der Waals surface area (Å²) in [4.78, 5) is 4.31. The van der Waals surface area contributed by atoms with Gasteiger partial charge in [-0.05, 0) is 23.8 Å². The van der Waals surface area contributed by atoms with Crippen LogP contribution in [0.15, 0.2) is 53.3 Å². The molecule has 0 saturated carbocycles. The third-order valence-electron chi connectivity index (χ3n) is 3.34. The predicted molar refractivity (Wildman–Crippen MR) is 73.9 cm³/mol. The lowest BCUT2D eigenvalue weighted by atomic mass is 10.00. The number of pyridine rings is 1. The van der Waals surface area contributed by atoms with Crippen LogP contribution in [0.1, 0.15) is 29.9 Å². The van der Waals surface area contributed by atoms with Gasteiger partial charge in [-0.1, -0.05) is 25.1 Å². The molecule has 2 heterocycles. The summed E-state index contributed by atoms with van der Waals surface area (Å²) in [6.07, 6.45) is 3.48. The second-order valence-electron chi connectivity index (χ2n) is 4.51. The lowest BCUT2D eigenvalue weighted by Gasteiger charge is -2.11. The molecule has 0 radical (unpaired) electrons. The van der Waals surface area contributed by atoms with E-state index in [1.165, 1.54) is 0 Å². The summed E-state index contributed by atoms with van der Waals surface area (Å²) in [7, 11) is 0. The molecule has 2 aromatic heterocycles. The molecule has 3 heteroatoms. The van der Waals surface area contributed by atoms with Crippen LogP contribution in [0.2, 0.25) is 0 Å². The highest BCUT2D eigenvalue weighted by Gasteiger charge is 2.16. The summed E-state index contributed by atoms with van der Waals surface area (Å²) >= 11 is 0. The molecule has 0 fully saturated rings. The van der Waals surface area contributed by atoms with E-state index >= 15 is 0 Å². The van der Waals surface area contributed by atoms with Gasteiger partial charge in [0.2, 0.25) is 0 Å². The average molecular weight is 253 g/mol. The van der Waals surface area contributed by atoms with Crippen LogP contribution in [0.5, 0.6) is 0 Å². The van der Waals surface area contributed by atoms with E-state index in [2.05, 4.69) is 4.98 Å². The zero-order valence-electron chi connectivity index (χ0n) is 10.7. The quantitative estimate of drug-likeness (QED) is 0.777. The number of aliphatic hydroxyl groups is 1. The number of aryl methyl sites for hydroxylation is 1. The van der Waals surface area contributed by atoms with Crippen molar-refractivity contribution in [3.05, 3.63) is 65.7 Å². The number of hydrogen-bond donors (Lipinski definition) is 1. The van der Waals surface area contributed by atoms with Crippen molar-refractivity contribution in [3.63, 3.8) is 0 Å². The zero-order valence-corrected chi connectivity index (χ0v) is 10.7. The van der Waals surface area contributed by atoms with E-state index in [1.807, 2.05) is 43.3 Å². The van der Waals surface area contributed by atoms with Crippen LogP contribution in [-0.2, 0) is 6.42 Å². The molecule has 3 rings (SSSR count). The number of fused-ring (bicyclic) bond motifs is 1. The second kappa shape index (κ2) is 4.86. The van der Waals surface area contributed by atoms with Crippen molar-refractivity contribution in [2.75, 3.05) is 0 Å². The number of hydrogen-bond acceptors (Lipinski definition) is 3. The Morgan fingerprint density at radius 1 is 1.26 bits per heavy atom. The first-order valence-electron chi connectivity index (χ1n) is 6.38. The van der Waals surface area contributed by atoms with Gasteiger partial charge in [-0.3, -0.25) is 4.98 Å². The van der Waals surface area contributed by atoms with E-state index in [1.54, 1.807) is 12.5 Å². The van der Waals surface area contributed by atoms with E-state index in [4.69, 9.17) is 4.42 Å². The first-order chi connectivity index (χ1) is 9.29. The van der Waals surface area contributed by atoms with Crippen molar-refractivity contribution in [3.8, 4) is 0 Å². The Balaban J connectivity index is 2.04. The van der Waals surface area contributed by atoms with Crippen LogP contribution < -0.4 is 0 Å². The minimum atomic E-state index is -0.667. The molecule has 1 aromatic carbocycles. The van der Waals surface area contributed by atoms with E-state index in [0.717, 1.165) is 34.2 Å². The molecule has 0 bridgehead atoms. The molecule has 0 aliphatic heterocycles. The van der Waals surface area contributed by atoms with Crippen molar-refractivity contribution >= 4 is 10.9 Å². The van der Waals surface area contributed by atoms with Crippen molar-refractivity contribution in [2.24, 2.45) is 0 Å². The SMILES string of the molecule is CCc1occc1C(O)c1ccc2cccnc2c1. The van der Waals surface area contributed by atoms with Gasteiger partial charge < -0.3 is 9.52 Å². The maximum Gasteiger partial charge on any atom is 0.109 e. The van der Waals surface area contributed by atoms with Gasteiger partial charge in [-0.2, -0.15) is 0 Å². The molecular formula is C16H15NO2. The third kappa shape index (κ3) is 2.13. The summed E-state index contributed by atoms with van der Waals surface area (Å²) in [6, 6.07) is 11.6. The fraction of sp³-hybridized carbons (Fsp3) is 0.188. The predicted octanol–water partition coefficient (Wildman–Crippen LogP) is 3.47. The summed E-state index contributed by atoms with van der Waals surface area (Å²) in [5.74, 6) is 0.827. The Hall–Kier alpha value is -2.13. The number of benzene rings is 1. The number of aliphatic hydroxyl groups excluding tert-OH is 1. The van der Waals surface area contributed by atoms with Gasteiger partial charge in [0.1, 0.15) is 11.9 Å². The van der Waals surface area contributed by atoms with Crippen LogP contribution in [0, 0.1) is 0 Å². The fourth-order valence-corrected chi connectivity index (χ4v) is 2.31. The van der Waals surface area contributed by atoms with Crippen LogP contribution in [0.25, 0.3) is 10.9 Å². The molecule has 0 spiro atoms. The van der Waals surface area contributed by atoms with Gasteiger partial charge in [0.05, 0.1) is 11.8 Å². The maximum absolute atomic E-state index is 10.5. The standard InChI is InChI=1S/C16H15NO2/c1-2-15-13(7-9-19-15)16(18)12-6-5-11-4-3-8-17-14(11)10-12/h3-10,16,18H,2H2,1H3. The molecule has 1 unspecified atom stereocenters. The Morgan fingerprint density at radius 3 is 3.00 bits per heavy atom. The Labute approximate surface area is 111 Å². The number of nitrogens with zero attached hydrogens (tertiary/aromatic N) is 1. The normalized spacial score (nSPS) is 12.7. The maximum atomic E-state index is 10.5. The Bertz CT molecular complexity index is 703. The van der Waals surface area contributed by atoms with Crippen molar-refractivity contribution in [1.82, 2.24) is 4.98 Å². The van der Waals surface area contributed by atoms with Crippen molar-refractivity contribution < 1.29 is 9.52 Å².